The number of fused-ring (bicyclic) bond motifs is 1. The van der Waals surface area contributed by atoms with E-state index in [1.165, 1.54) is 0 Å². The van der Waals surface area contributed by atoms with Crippen LogP contribution in [0.15, 0.2) is 101 Å². The first kappa shape index (κ1) is 15.8. The van der Waals surface area contributed by atoms with Gasteiger partial charge in [0.15, 0.2) is 11.5 Å². The third kappa shape index (κ3) is 3.26. The Labute approximate surface area is 150 Å². The molecular formula is C22H15NO3. The van der Waals surface area contributed by atoms with E-state index in [2.05, 4.69) is 5.16 Å². The van der Waals surface area contributed by atoms with Crippen LogP contribution in [0.4, 0.5) is 0 Å². The second-order valence-corrected chi connectivity index (χ2v) is 5.70. The SMILES string of the molecule is O=C(O/N=C(/c1ccccc1)c1cc2ccccc2o1)c1ccccc1. The van der Waals surface area contributed by atoms with Crippen LogP contribution in [-0.2, 0) is 4.84 Å². The van der Waals surface area contributed by atoms with Crippen molar-refractivity contribution in [2.45, 2.75) is 0 Å². The Balaban J connectivity index is 1.72. The molecule has 4 nitrogen and oxygen atoms in total. The highest BCUT2D eigenvalue weighted by Crippen LogP contribution is 2.22. The number of furan rings is 1. The lowest BCUT2D eigenvalue weighted by atomic mass is 10.1. The van der Waals surface area contributed by atoms with Crippen molar-refractivity contribution >= 4 is 22.7 Å². The van der Waals surface area contributed by atoms with Crippen molar-refractivity contribution in [2.75, 3.05) is 0 Å². The monoisotopic (exact) mass is 341 g/mol. The molecule has 0 aliphatic carbocycles. The van der Waals surface area contributed by atoms with Gasteiger partial charge in [-0.2, -0.15) is 0 Å². The van der Waals surface area contributed by atoms with Crippen molar-refractivity contribution in [1.29, 1.82) is 0 Å². The van der Waals surface area contributed by atoms with E-state index in [4.69, 9.17) is 9.25 Å². The van der Waals surface area contributed by atoms with Crippen LogP contribution in [0.2, 0.25) is 0 Å². The van der Waals surface area contributed by atoms with E-state index in [0.717, 1.165) is 16.5 Å². The lowest BCUT2D eigenvalue weighted by Crippen LogP contribution is -2.07. The summed E-state index contributed by atoms with van der Waals surface area (Å²) in [5, 5.41) is 5.07. The van der Waals surface area contributed by atoms with Gasteiger partial charge in [-0.3, -0.25) is 0 Å². The number of carbonyl (C=O) groups is 1. The summed E-state index contributed by atoms with van der Waals surface area (Å²) in [5.41, 5.74) is 2.45. The Hall–Kier alpha value is -3.66. The predicted molar refractivity (Wildman–Crippen MR) is 100 cm³/mol. The largest absolute Gasteiger partial charge is 0.454 e. The first-order valence-corrected chi connectivity index (χ1v) is 8.20. The van der Waals surface area contributed by atoms with E-state index in [-0.39, 0.29) is 0 Å². The maximum atomic E-state index is 12.2. The van der Waals surface area contributed by atoms with Crippen LogP contribution in [0.1, 0.15) is 21.7 Å². The molecule has 0 saturated heterocycles. The van der Waals surface area contributed by atoms with Gasteiger partial charge in [-0.25, -0.2) is 4.79 Å². The molecule has 0 spiro atoms. The standard InChI is InChI=1S/C22H15NO3/c24-22(17-11-5-2-6-12-17)26-23-21(16-9-3-1-4-10-16)20-15-18-13-7-8-14-19(18)25-20/h1-15H/b23-21-. The molecule has 4 aromatic rings. The van der Waals surface area contributed by atoms with Gasteiger partial charge in [0.2, 0.25) is 0 Å². The Kier molecular flexibility index (Phi) is 4.31. The molecule has 0 aliphatic rings. The van der Waals surface area contributed by atoms with Gasteiger partial charge in [-0.15, -0.1) is 0 Å². The fraction of sp³-hybridized carbons (Fsp3) is 0. The van der Waals surface area contributed by atoms with Gasteiger partial charge < -0.3 is 9.25 Å². The lowest BCUT2D eigenvalue weighted by molar-refractivity contribution is 0.0516. The average molecular weight is 341 g/mol. The quantitative estimate of drug-likeness (QED) is 0.297. The Morgan fingerprint density at radius 2 is 1.38 bits per heavy atom. The molecule has 1 aromatic heterocycles. The van der Waals surface area contributed by atoms with Crippen LogP contribution in [0.25, 0.3) is 11.0 Å². The highest BCUT2D eigenvalue weighted by atomic mass is 16.7. The summed E-state index contributed by atoms with van der Waals surface area (Å²) < 4.78 is 5.90. The molecule has 0 saturated carbocycles. The second kappa shape index (κ2) is 7.07. The molecule has 26 heavy (non-hydrogen) atoms. The van der Waals surface area contributed by atoms with E-state index in [1.54, 1.807) is 24.3 Å². The summed E-state index contributed by atoms with van der Waals surface area (Å²) in [5.74, 6) is 0.0217. The molecule has 3 aromatic carbocycles. The molecule has 0 bridgehead atoms. The van der Waals surface area contributed by atoms with E-state index in [1.807, 2.05) is 66.7 Å². The highest BCUT2D eigenvalue weighted by molar-refractivity contribution is 6.12. The first-order chi connectivity index (χ1) is 12.8. The van der Waals surface area contributed by atoms with Gasteiger partial charge in [0.1, 0.15) is 5.58 Å². The molecule has 0 unspecified atom stereocenters. The van der Waals surface area contributed by atoms with E-state index in [9.17, 15) is 4.79 Å². The van der Waals surface area contributed by atoms with Crippen LogP contribution in [0.3, 0.4) is 0 Å². The molecule has 0 atom stereocenters. The van der Waals surface area contributed by atoms with Crippen LogP contribution < -0.4 is 0 Å². The van der Waals surface area contributed by atoms with Crippen LogP contribution >= 0.6 is 0 Å². The Morgan fingerprint density at radius 1 is 0.769 bits per heavy atom. The molecule has 0 N–H and O–H groups in total. The zero-order chi connectivity index (χ0) is 17.8. The molecule has 4 heteroatoms. The van der Waals surface area contributed by atoms with Crippen molar-refractivity contribution in [3.63, 3.8) is 0 Å². The van der Waals surface area contributed by atoms with Gasteiger partial charge in [0.05, 0.1) is 5.56 Å². The van der Waals surface area contributed by atoms with Crippen molar-refractivity contribution in [3.8, 4) is 0 Å². The fourth-order valence-corrected chi connectivity index (χ4v) is 2.65. The summed E-state index contributed by atoms with van der Waals surface area (Å²) in [7, 11) is 0. The number of carbonyl (C=O) groups excluding carboxylic acids is 1. The summed E-state index contributed by atoms with van der Waals surface area (Å²) in [6, 6.07) is 27.8. The minimum atomic E-state index is -0.518. The number of oxime groups is 1. The number of hydrogen-bond donors (Lipinski definition) is 0. The number of para-hydroxylation sites is 1. The molecule has 0 amide bonds. The van der Waals surface area contributed by atoms with E-state index >= 15 is 0 Å². The maximum Gasteiger partial charge on any atom is 0.365 e. The fourth-order valence-electron chi connectivity index (χ4n) is 2.65. The summed E-state index contributed by atoms with van der Waals surface area (Å²) >= 11 is 0. The Bertz CT molecular complexity index is 1030. The molecule has 1 heterocycles. The molecular weight excluding hydrogens is 326 g/mol. The normalized spacial score (nSPS) is 11.5. The van der Waals surface area contributed by atoms with Crippen LogP contribution in [0, 0.1) is 0 Å². The van der Waals surface area contributed by atoms with Gasteiger partial charge in [0.25, 0.3) is 0 Å². The smallest absolute Gasteiger partial charge is 0.365 e. The topological polar surface area (TPSA) is 51.8 Å². The van der Waals surface area contributed by atoms with E-state index < -0.39 is 5.97 Å². The molecule has 0 radical (unpaired) electrons. The Morgan fingerprint density at radius 3 is 2.08 bits per heavy atom. The molecule has 126 valence electrons. The van der Waals surface area contributed by atoms with Gasteiger partial charge in [-0.1, -0.05) is 71.9 Å². The zero-order valence-corrected chi connectivity index (χ0v) is 13.8. The second-order valence-electron chi connectivity index (χ2n) is 5.70. The van der Waals surface area contributed by atoms with Gasteiger partial charge in [-0.05, 0) is 24.3 Å². The molecule has 0 aliphatic heterocycles. The van der Waals surface area contributed by atoms with Crippen molar-refractivity contribution in [3.05, 3.63) is 108 Å². The number of benzene rings is 3. The third-order valence-electron chi connectivity index (χ3n) is 3.94. The lowest BCUT2D eigenvalue weighted by Gasteiger charge is -2.04. The first-order valence-electron chi connectivity index (χ1n) is 8.20. The number of hydrogen-bond acceptors (Lipinski definition) is 4. The number of rotatable bonds is 4. The highest BCUT2D eigenvalue weighted by Gasteiger charge is 2.15. The third-order valence-corrected chi connectivity index (χ3v) is 3.94. The van der Waals surface area contributed by atoms with Crippen molar-refractivity contribution in [2.24, 2.45) is 5.16 Å². The average Bonchev–Trinajstić information content (AvgIpc) is 3.13. The summed E-state index contributed by atoms with van der Waals surface area (Å²) in [6.45, 7) is 0. The zero-order valence-electron chi connectivity index (χ0n) is 13.8. The van der Waals surface area contributed by atoms with E-state index in [0.29, 0.717) is 17.0 Å². The maximum absolute atomic E-state index is 12.2. The molecule has 0 fully saturated rings. The van der Waals surface area contributed by atoms with Crippen LogP contribution in [0.5, 0.6) is 0 Å². The van der Waals surface area contributed by atoms with Crippen molar-refractivity contribution < 1.29 is 14.0 Å². The van der Waals surface area contributed by atoms with Gasteiger partial charge >= 0.3 is 5.97 Å². The molecule has 4 rings (SSSR count). The summed E-state index contributed by atoms with van der Waals surface area (Å²) in [6.07, 6.45) is 0. The predicted octanol–water partition coefficient (Wildman–Crippen LogP) is 5.04. The summed E-state index contributed by atoms with van der Waals surface area (Å²) in [4.78, 5) is 17.4. The minimum Gasteiger partial charge on any atom is -0.454 e. The minimum absolute atomic E-state index is 0.438. The van der Waals surface area contributed by atoms with Crippen LogP contribution in [-0.4, -0.2) is 11.7 Å². The van der Waals surface area contributed by atoms with Gasteiger partial charge in [0, 0.05) is 10.9 Å². The van der Waals surface area contributed by atoms with Crippen molar-refractivity contribution in [1.82, 2.24) is 0 Å². The number of nitrogens with zero attached hydrogens (tertiary/aromatic N) is 1.